The zero-order valence-corrected chi connectivity index (χ0v) is 18.2. The van der Waals surface area contributed by atoms with Gasteiger partial charge < -0.3 is 10.3 Å². The third-order valence-electron chi connectivity index (χ3n) is 5.25. The fourth-order valence-corrected chi connectivity index (χ4v) is 4.49. The highest BCUT2D eigenvalue weighted by Crippen LogP contribution is 2.27. The van der Waals surface area contributed by atoms with E-state index in [0.717, 1.165) is 28.2 Å². The highest BCUT2D eigenvalue weighted by Gasteiger charge is 2.19. The molecule has 0 saturated carbocycles. The smallest absolute Gasteiger partial charge is 0.283 e. The minimum absolute atomic E-state index is 0.0294. The first-order valence-corrected chi connectivity index (χ1v) is 11.3. The third-order valence-corrected chi connectivity index (χ3v) is 6.19. The van der Waals surface area contributed by atoms with Crippen LogP contribution in [0.1, 0.15) is 5.56 Å². The summed E-state index contributed by atoms with van der Waals surface area (Å²) in [5.41, 5.74) is 2.20. The molecule has 2 aromatic heterocycles. The van der Waals surface area contributed by atoms with Gasteiger partial charge in [0.2, 0.25) is 5.91 Å². The van der Waals surface area contributed by atoms with Gasteiger partial charge in [0.25, 0.3) is 5.56 Å². The highest BCUT2D eigenvalue weighted by atomic mass is 32.2. The fourth-order valence-electron chi connectivity index (χ4n) is 3.66. The number of para-hydroxylation sites is 2. The number of halogens is 1. The lowest BCUT2D eigenvalue weighted by Gasteiger charge is -2.13. The van der Waals surface area contributed by atoms with Crippen molar-refractivity contribution in [1.82, 2.24) is 19.9 Å². The van der Waals surface area contributed by atoms with E-state index in [1.807, 2.05) is 54.6 Å². The van der Waals surface area contributed by atoms with Gasteiger partial charge in [-0.2, -0.15) is 0 Å². The molecule has 0 spiro atoms. The second-order valence-electron chi connectivity index (χ2n) is 7.43. The van der Waals surface area contributed by atoms with Gasteiger partial charge in [0.05, 0.1) is 11.4 Å². The third kappa shape index (κ3) is 4.12. The molecule has 0 bridgehead atoms. The molecule has 0 fully saturated rings. The Morgan fingerprint density at radius 3 is 2.55 bits per heavy atom. The van der Waals surface area contributed by atoms with Gasteiger partial charge in [0.1, 0.15) is 16.9 Å². The Morgan fingerprint density at radius 2 is 1.73 bits per heavy atom. The Kier molecular flexibility index (Phi) is 5.66. The van der Waals surface area contributed by atoms with Crippen LogP contribution < -0.4 is 10.9 Å². The van der Waals surface area contributed by atoms with Crippen molar-refractivity contribution >= 4 is 39.6 Å². The summed E-state index contributed by atoms with van der Waals surface area (Å²) in [7, 11) is 0. The first-order valence-electron chi connectivity index (χ1n) is 10.3. The molecule has 0 saturated heterocycles. The molecule has 0 aliphatic carbocycles. The molecule has 0 aliphatic rings. The number of amides is 1. The van der Waals surface area contributed by atoms with Crippen LogP contribution in [0.4, 0.5) is 4.39 Å². The SMILES string of the molecule is O=C(CSc1nc2c([nH]c3ccccc32)c(=O)n1-c1ccccc1F)NCc1ccccc1. The predicted molar refractivity (Wildman–Crippen MR) is 128 cm³/mol. The monoisotopic (exact) mass is 458 g/mol. The van der Waals surface area contributed by atoms with E-state index >= 15 is 0 Å². The maximum Gasteiger partial charge on any atom is 0.283 e. The second kappa shape index (κ2) is 8.91. The Hall–Kier alpha value is -3.91. The topological polar surface area (TPSA) is 79.8 Å². The van der Waals surface area contributed by atoms with Crippen LogP contribution in [-0.4, -0.2) is 26.2 Å². The number of aromatic amines is 1. The first kappa shape index (κ1) is 21.0. The summed E-state index contributed by atoms with van der Waals surface area (Å²) in [5, 5.41) is 3.90. The van der Waals surface area contributed by atoms with Gasteiger partial charge in [-0.25, -0.2) is 9.37 Å². The van der Waals surface area contributed by atoms with E-state index in [1.165, 1.54) is 16.7 Å². The van der Waals surface area contributed by atoms with Crippen LogP contribution >= 0.6 is 11.8 Å². The van der Waals surface area contributed by atoms with Crippen molar-refractivity contribution in [2.45, 2.75) is 11.7 Å². The standard InChI is InChI=1S/C25H19FN4O2S/c26-18-11-5-7-13-20(18)30-24(32)23-22(17-10-4-6-12-19(17)28-23)29-25(30)33-15-21(31)27-14-16-8-2-1-3-9-16/h1-13,28H,14-15H2,(H,27,31). The van der Waals surface area contributed by atoms with E-state index in [4.69, 9.17) is 0 Å². The highest BCUT2D eigenvalue weighted by molar-refractivity contribution is 7.99. The summed E-state index contributed by atoms with van der Waals surface area (Å²) in [6.07, 6.45) is 0. The Bertz CT molecular complexity index is 1530. The van der Waals surface area contributed by atoms with Crippen LogP contribution in [0.15, 0.2) is 88.8 Å². The normalized spacial score (nSPS) is 11.2. The molecule has 2 N–H and O–H groups in total. The number of hydrogen-bond acceptors (Lipinski definition) is 4. The molecule has 164 valence electrons. The number of rotatable bonds is 6. The van der Waals surface area contributed by atoms with Crippen molar-refractivity contribution in [3.63, 3.8) is 0 Å². The summed E-state index contributed by atoms with van der Waals surface area (Å²) >= 11 is 1.09. The zero-order chi connectivity index (χ0) is 22.8. The molecule has 3 aromatic carbocycles. The lowest BCUT2D eigenvalue weighted by atomic mass is 10.2. The van der Waals surface area contributed by atoms with E-state index in [-0.39, 0.29) is 28.0 Å². The first-order chi connectivity index (χ1) is 16.1. The van der Waals surface area contributed by atoms with E-state index in [2.05, 4.69) is 15.3 Å². The van der Waals surface area contributed by atoms with Crippen LogP contribution in [0.2, 0.25) is 0 Å². The van der Waals surface area contributed by atoms with Crippen LogP contribution in [0.25, 0.3) is 27.6 Å². The molecule has 8 heteroatoms. The summed E-state index contributed by atoms with van der Waals surface area (Å²) in [4.78, 5) is 33.7. The van der Waals surface area contributed by atoms with Crippen molar-refractivity contribution in [2.24, 2.45) is 0 Å². The van der Waals surface area contributed by atoms with E-state index in [1.54, 1.807) is 12.1 Å². The van der Waals surface area contributed by atoms with E-state index in [0.29, 0.717) is 12.1 Å². The van der Waals surface area contributed by atoms with Gasteiger partial charge >= 0.3 is 0 Å². The molecule has 2 heterocycles. The average molecular weight is 459 g/mol. The van der Waals surface area contributed by atoms with Crippen LogP contribution in [0, 0.1) is 5.82 Å². The molecule has 0 aliphatic heterocycles. The Balaban J connectivity index is 1.52. The summed E-state index contributed by atoms with van der Waals surface area (Å²) in [6.45, 7) is 0.398. The van der Waals surface area contributed by atoms with Gasteiger partial charge in [-0.05, 0) is 23.8 Å². The van der Waals surface area contributed by atoms with Gasteiger partial charge in [-0.15, -0.1) is 0 Å². The Labute approximate surface area is 192 Å². The number of nitrogens with one attached hydrogen (secondary N) is 2. The number of fused-ring (bicyclic) bond motifs is 3. The lowest BCUT2D eigenvalue weighted by Crippen LogP contribution is -2.26. The second-order valence-corrected chi connectivity index (χ2v) is 8.37. The number of aromatic nitrogens is 3. The minimum Gasteiger partial charge on any atom is -0.351 e. The molecule has 33 heavy (non-hydrogen) atoms. The molecule has 0 atom stereocenters. The Morgan fingerprint density at radius 1 is 1.00 bits per heavy atom. The van der Waals surface area contributed by atoms with Crippen LogP contribution in [0.5, 0.6) is 0 Å². The van der Waals surface area contributed by atoms with Crippen molar-refractivity contribution in [2.75, 3.05) is 5.75 Å². The van der Waals surface area contributed by atoms with Gasteiger partial charge in [0.15, 0.2) is 5.16 Å². The van der Waals surface area contributed by atoms with Crippen molar-refractivity contribution < 1.29 is 9.18 Å². The molecule has 5 rings (SSSR count). The molecular weight excluding hydrogens is 439 g/mol. The molecule has 0 radical (unpaired) electrons. The summed E-state index contributed by atoms with van der Waals surface area (Å²) < 4.78 is 15.9. The maximum atomic E-state index is 14.7. The molecule has 6 nitrogen and oxygen atoms in total. The maximum absolute atomic E-state index is 14.7. The quantitative estimate of drug-likeness (QED) is 0.292. The van der Waals surface area contributed by atoms with Gasteiger partial charge in [-0.1, -0.05) is 72.4 Å². The summed E-state index contributed by atoms with van der Waals surface area (Å²) in [6, 6.07) is 23.1. The summed E-state index contributed by atoms with van der Waals surface area (Å²) in [5.74, 6) is -0.730. The van der Waals surface area contributed by atoms with Gasteiger partial charge in [-0.3, -0.25) is 14.2 Å². The molecule has 1 amide bonds. The fraction of sp³-hybridized carbons (Fsp3) is 0.0800. The lowest BCUT2D eigenvalue weighted by molar-refractivity contribution is -0.118. The van der Waals surface area contributed by atoms with Crippen LogP contribution in [0.3, 0.4) is 0 Å². The van der Waals surface area contributed by atoms with Crippen molar-refractivity contribution in [1.29, 1.82) is 0 Å². The largest absolute Gasteiger partial charge is 0.351 e. The van der Waals surface area contributed by atoms with Crippen molar-refractivity contribution in [3.8, 4) is 5.69 Å². The minimum atomic E-state index is -0.549. The molecule has 0 unspecified atom stereocenters. The number of nitrogens with zero attached hydrogens (tertiary/aromatic N) is 2. The number of thioether (sulfide) groups is 1. The predicted octanol–water partition coefficient (Wildman–Crippen LogP) is 4.41. The van der Waals surface area contributed by atoms with Gasteiger partial charge in [0, 0.05) is 17.4 Å². The number of hydrogen-bond donors (Lipinski definition) is 2. The number of H-pyrrole nitrogens is 1. The number of carbonyl (C=O) groups excluding carboxylic acids is 1. The van der Waals surface area contributed by atoms with E-state index < -0.39 is 11.4 Å². The van der Waals surface area contributed by atoms with Crippen LogP contribution in [-0.2, 0) is 11.3 Å². The molecular formula is C25H19FN4O2S. The van der Waals surface area contributed by atoms with Crippen molar-refractivity contribution in [3.05, 3.63) is 101 Å². The average Bonchev–Trinajstić information content (AvgIpc) is 3.22. The number of carbonyl (C=O) groups is 1. The number of benzene rings is 3. The van der Waals surface area contributed by atoms with E-state index in [9.17, 15) is 14.0 Å². The molecule has 5 aromatic rings. The zero-order valence-electron chi connectivity index (χ0n) is 17.4.